The summed E-state index contributed by atoms with van der Waals surface area (Å²) in [5.74, 6) is 1.06. The first-order valence-electron chi connectivity index (χ1n) is 5.24. The van der Waals surface area contributed by atoms with Crippen LogP contribution in [0.3, 0.4) is 0 Å². The van der Waals surface area contributed by atoms with E-state index in [0.29, 0.717) is 0 Å². The van der Waals surface area contributed by atoms with Crippen molar-refractivity contribution in [1.82, 2.24) is 5.32 Å². The van der Waals surface area contributed by atoms with E-state index in [-0.39, 0.29) is 30.4 Å². The summed E-state index contributed by atoms with van der Waals surface area (Å²) in [6.45, 7) is 2.12. The van der Waals surface area contributed by atoms with E-state index in [1.807, 2.05) is 6.92 Å². The summed E-state index contributed by atoms with van der Waals surface area (Å²) >= 11 is 0. The van der Waals surface area contributed by atoms with Gasteiger partial charge < -0.3 is 10.4 Å². The van der Waals surface area contributed by atoms with Crippen molar-refractivity contribution in [3.63, 3.8) is 0 Å². The van der Waals surface area contributed by atoms with Crippen molar-refractivity contribution >= 4 is 11.7 Å². The first kappa shape index (κ1) is 9.65. The van der Waals surface area contributed by atoms with Crippen molar-refractivity contribution in [2.45, 2.75) is 32.2 Å². The fraction of sp³-hybridized carbons (Fsp3) is 0.800. The lowest BCUT2D eigenvalue weighted by Gasteiger charge is -2.25. The fourth-order valence-electron chi connectivity index (χ4n) is 2.37. The maximum absolute atomic E-state index is 11.6. The summed E-state index contributed by atoms with van der Waals surface area (Å²) in [5.41, 5.74) is 0. The van der Waals surface area contributed by atoms with E-state index in [0.717, 1.165) is 25.1 Å². The molecule has 0 bridgehead atoms. The number of aliphatic hydroxyl groups is 1. The number of nitrogens with one attached hydrogen (secondary N) is 1. The van der Waals surface area contributed by atoms with E-state index in [4.69, 9.17) is 5.11 Å². The summed E-state index contributed by atoms with van der Waals surface area (Å²) < 4.78 is 0. The molecule has 4 nitrogen and oxygen atoms in total. The van der Waals surface area contributed by atoms with Gasteiger partial charge in [-0.15, -0.1) is 0 Å². The molecule has 2 rings (SSSR count). The van der Waals surface area contributed by atoms with Gasteiger partial charge in [0.2, 0.25) is 5.91 Å². The minimum atomic E-state index is 0.00227. The zero-order valence-electron chi connectivity index (χ0n) is 8.36. The molecule has 0 aromatic heterocycles. The molecular weight excluding hydrogens is 180 g/mol. The van der Waals surface area contributed by atoms with E-state index in [1.54, 1.807) is 0 Å². The third kappa shape index (κ3) is 1.43. The monoisotopic (exact) mass is 196 g/mol. The molecule has 0 aromatic rings. The van der Waals surface area contributed by atoms with Crippen LogP contribution < -0.4 is 5.32 Å². The number of nitrogens with zero attached hydrogens (tertiary/aromatic N) is 1. The van der Waals surface area contributed by atoms with E-state index in [9.17, 15) is 4.79 Å². The van der Waals surface area contributed by atoms with Gasteiger partial charge in [-0.1, -0.05) is 6.92 Å². The summed E-state index contributed by atoms with van der Waals surface area (Å²) in [7, 11) is 0. The Morgan fingerprint density at radius 2 is 2.36 bits per heavy atom. The highest BCUT2D eigenvalue weighted by atomic mass is 16.3. The summed E-state index contributed by atoms with van der Waals surface area (Å²) in [5, 5.41) is 12.0. The Morgan fingerprint density at radius 1 is 1.57 bits per heavy atom. The number of rotatable bonds is 2. The van der Waals surface area contributed by atoms with Gasteiger partial charge in [-0.25, -0.2) is 0 Å². The molecule has 0 unspecified atom stereocenters. The van der Waals surface area contributed by atoms with E-state index >= 15 is 0 Å². The first-order valence-corrected chi connectivity index (χ1v) is 5.24. The minimum absolute atomic E-state index is 0.00227. The van der Waals surface area contributed by atoms with Crippen LogP contribution in [0.25, 0.3) is 0 Å². The summed E-state index contributed by atoms with van der Waals surface area (Å²) in [6, 6.07) is 0.0312. The van der Waals surface area contributed by atoms with E-state index in [1.165, 1.54) is 0 Å². The molecular formula is C10H16N2O2. The second-order valence-electron chi connectivity index (χ2n) is 4.04. The van der Waals surface area contributed by atoms with Gasteiger partial charge in [0.25, 0.3) is 0 Å². The van der Waals surface area contributed by atoms with Crippen LogP contribution in [0, 0.1) is 11.8 Å². The summed E-state index contributed by atoms with van der Waals surface area (Å²) in [6.07, 6.45) is 2.54. The van der Waals surface area contributed by atoms with Gasteiger partial charge in [-0.05, 0) is 12.8 Å². The topological polar surface area (TPSA) is 61.7 Å². The predicted molar refractivity (Wildman–Crippen MR) is 53.0 cm³/mol. The highest BCUT2D eigenvalue weighted by molar-refractivity contribution is 6.01. The van der Waals surface area contributed by atoms with Crippen LogP contribution in [-0.2, 0) is 4.79 Å². The van der Waals surface area contributed by atoms with Crippen LogP contribution in [0.2, 0.25) is 0 Å². The Hall–Kier alpha value is -0.900. The molecule has 4 heteroatoms. The smallest absolute Gasteiger partial charge is 0.230 e. The molecule has 1 aliphatic carbocycles. The lowest BCUT2D eigenvalue weighted by atomic mass is 9.96. The van der Waals surface area contributed by atoms with Crippen molar-refractivity contribution in [2.24, 2.45) is 16.8 Å². The van der Waals surface area contributed by atoms with Gasteiger partial charge in [0.1, 0.15) is 5.84 Å². The van der Waals surface area contributed by atoms with Crippen LogP contribution in [0.1, 0.15) is 26.2 Å². The number of aliphatic hydroxyl groups excluding tert-OH is 1. The maximum atomic E-state index is 11.6. The standard InChI is InChI=1S/C10H16N2O2/c1-2-8-11-9-6(5-13)3-4-7(9)10(14)12-8/h6-7,9,13H,2-5H2,1H3,(H,11,12,14)/t6-,7-,9+/m1/s1. The molecule has 1 heterocycles. The minimum Gasteiger partial charge on any atom is -0.396 e. The van der Waals surface area contributed by atoms with Gasteiger partial charge >= 0.3 is 0 Å². The predicted octanol–water partition coefficient (Wildman–Crippen LogP) is 0.312. The van der Waals surface area contributed by atoms with E-state index < -0.39 is 0 Å². The highest BCUT2D eigenvalue weighted by Gasteiger charge is 2.42. The Morgan fingerprint density at radius 3 is 3.00 bits per heavy atom. The van der Waals surface area contributed by atoms with Crippen molar-refractivity contribution in [1.29, 1.82) is 0 Å². The number of hydrogen-bond donors (Lipinski definition) is 2. The third-order valence-electron chi connectivity index (χ3n) is 3.22. The zero-order chi connectivity index (χ0) is 10.1. The van der Waals surface area contributed by atoms with Gasteiger partial charge in [0.05, 0.1) is 12.0 Å². The van der Waals surface area contributed by atoms with Crippen LogP contribution in [-0.4, -0.2) is 29.5 Å². The molecule has 2 N–H and O–H groups in total. The molecule has 1 amide bonds. The highest BCUT2D eigenvalue weighted by Crippen LogP contribution is 2.35. The second-order valence-corrected chi connectivity index (χ2v) is 4.04. The van der Waals surface area contributed by atoms with E-state index in [2.05, 4.69) is 10.3 Å². The molecule has 78 valence electrons. The fourth-order valence-corrected chi connectivity index (χ4v) is 2.37. The van der Waals surface area contributed by atoms with Crippen molar-refractivity contribution in [3.05, 3.63) is 0 Å². The molecule has 1 saturated carbocycles. The first-order chi connectivity index (χ1) is 6.76. The number of hydrogen-bond acceptors (Lipinski definition) is 3. The number of aliphatic imine (C=N–C) groups is 1. The Labute approximate surface area is 83.4 Å². The average molecular weight is 196 g/mol. The number of carbonyl (C=O) groups excluding carboxylic acids is 1. The molecule has 0 spiro atoms. The maximum Gasteiger partial charge on any atom is 0.230 e. The van der Waals surface area contributed by atoms with Gasteiger partial charge in [0, 0.05) is 18.9 Å². The normalized spacial score (nSPS) is 36.3. The van der Waals surface area contributed by atoms with Gasteiger partial charge in [-0.2, -0.15) is 0 Å². The molecule has 0 saturated heterocycles. The third-order valence-corrected chi connectivity index (χ3v) is 3.22. The Balaban J connectivity index is 2.22. The Kier molecular flexibility index (Phi) is 2.54. The van der Waals surface area contributed by atoms with Gasteiger partial charge in [-0.3, -0.25) is 9.79 Å². The molecule has 14 heavy (non-hydrogen) atoms. The quantitative estimate of drug-likeness (QED) is 0.667. The average Bonchev–Trinajstić information content (AvgIpc) is 2.61. The lowest BCUT2D eigenvalue weighted by molar-refractivity contribution is -0.124. The zero-order valence-corrected chi connectivity index (χ0v) is 8.36. The molecule has 0 radical (unpaired) electrons. The largest absolute Gasteiger partial charge is 0.396 e. The van der Waals surface area contributed by atoms with Crippen LogP contribution in [0.4, 0.5) is 0 Å². The lowest BCUT2D eigenvalue weighted by Crippen LogP contribution is -2.45. The van der Waals surface area contributed by atoms with Gasteiger partial charge in [0.15, 0.2) is 0 Å². The Bertz CT molecular complexity index is 275. The summed E-state index contributed by atoms with van der Waals surface area (Å²) in [4.78, 5) is 16.1. The van der Waals surface area contributed by atoms with Crippen LogP contribution in [0.5, 0.6) is 0 Å². The number of amidine groups is 1. The molecule has 2 aliphatic rings. The second kappa shape index (κ2) is 3.69. The molecule has 1 aliphatic heterocycles. The molecule has 1 fully saturated rings. The van der Waals surface area contributed by atoms with Crippen molar-refractivity contribution in [3.8, 4) is 0 Å². The van der Waals surface area contributed by atoms with Crippen LogP contribution >= 0.6 is 0 Å². The van der Waals surface area contributed by atoms with Crippen LogP contribution in [0.15, 0.2) is 4.99 Å². The van der Waals surface area contributed by atoms with Crippen molar-refractivity contribution < 1.29 is 9.90 Å². The number of carbonyl (C=O) groups is 1. The molecule has 3 atom stereocenters. The number of fused-ring (bicyclic) bond motifs is 1. The number of amides is 1. The molecule has 0 aromatic carbocycles. The SMILES string of the molecule is CCC1=N[C@H]2[C@@H](CO)CC[C@H]2C(=O)N1. The van der Waals surface area contributed by atoms with Crippen molar-refractivity contribution in [2.75, 3.05) is 6.61 Å².